The molecule has 0 bridgehead atoms. The summed E-state index contributed by atoms with van der Waals surface area (Å²) < 4.78 is 32.3. The van der Waals surface area contributed by atoms with Crippen LogP contribution in [-0.2, 0) is 11.3 Å². The largest absolute Gasteiger partial charge is 0.388 e. The Bertz CT molecular complexity index is 413. The number of hydrogen-bond donors (Lipinski definition) is 1. The zero-order chi connectivity index (χ0) is 13.9. The second-order valence-corrected chi connectivity index (χ2v) is 5.21. The molecule has 0 unspecified atom stereocenters. The Morgan fingerprint density at radius 3 is 2.42 bits per heavy atom. The highest BCUT2D eigenvalue weighted by Crippen LogP contribution is 2.22. The monoisotopic (exact) mass is 271 g/mol. The summed E-state index contributed by atoms with van der Waals surface area (Å²) >= 11 is 0. The molecule has 1 aromatic carbocycles. The first-order valence-corrected chi connectivity index (χ1v) is 6.42. The van der Waals surface area contributed by atoms with E-state index >= 15 is 0 Å². The van der Waals surface area contributed by atoms with E-state index < -0.39 is 17.2 Å². The van der Waals surface area contributed by atoms with Crippen molar-refractivity contribution in [3.63, 3.8) is 0 Å². The number of hydrogen-bond acceptors (Lipinski definition) is 3. The molecule has 1 N–H and O–H groups in total. The van der Waals surface area contributed by atoms with E-state index in [9.17, 15) is 13.9 Å². The summed E-state index contributed by atoms with van der Waals surface area (Å²) in [7, 11) is 1.75. The molecular weight excluding hydrogens is 252 g/mol. The maximum atomic E-state index is 13.5. The minimum atomic E-state index is -0.825. The average Bonchev–Trinajstić information content (AvgIpc) is 2.34. The molecule has 19 heavy (non-hydrogen) atoms. The summed E-state index contributed by atoms with van der Waals surface area (Å²) in [6.07, 6.45) is 1.11. The van der Waals surface area contributed by atoms with Gasteiger partial charge in [0.05, 0.1) is 5.60 Å². The number of rotatable bonds is 4. The maximum Gasteiger partial charge on any atom is 0.130 e. The van der Waals surface area contributed by atoms with Gasteiger partial charge in [0.1, 0.15) is 11.6 Å². The van der Waals surface area contributed by atoms with Crippen LogP contribution in [0.1, 0.15) is 18.4 Å². The van der Waals surface area contributed by atoms with Crippen LogP contribution in [0, 0.1) is 11.6 Å². The van der Waals surface area contributed by atoms with Gasteiger partial charge in [0.25, 0.3) is 0 Å². The SMILES string of the molecule is CN(Cc1c(F)cccc1F)CC1(O)CCOCC1. The lowest BCUT2D eigenvalue weighted by atomic mass is 9.94. The first kappa shape index (κ1) is 14.4. The van der Waals surface area contributed by atoms with Gasteiger partial charge < -0.3 is 9.84 Å². The summed E-state index contributed by atoms with van der Waals surface area (Å²) in [5, 5.41) is 10.3. The molecule has 5 heteroatoms. The lowest BCUT2D eigenvalue weighted by Gasteiger charge is -2.35. The molecule has 106 valence electrons. The van der Waals surface area contributed by atoms with E-state index in [4.69, 9.17) is 4.74 Å². The molecule has 1 aromatic rings. The van der Waals surface area contributed by atoms with Gasteiger partial charge >= 0.3 is 0 Å². The van der Waals surface area contributed by atoms with Crippen molar-refractivity contribution in [1.29, 1.82) is 0 Å². The molecule has 1 aliphatic heterocycles. The number of likely N-dealkylation sites (N-methyl/N-ethyl adjacent to an activating group) is 1. The fourth-order valence-corrected chi connectivity index (χ4v) is 2.42. The summed E-state index contributed by atoms with van der Waals surface area (Å²) in [6, 6.07) is 3.84. The van der Waals surface area contributed by atoms with E-state index in [1.165, 1.54) is 18.2 Å². The van der Waals surface area contributed by atoms with Gasteiger partial charge in [-0.15, -0.1) is 0 Å². The fourth-order valence-electron chi connectivity index (χ4n) is 2.42. The molecular formula is C14H19F2NO2. The highest BCUT2D eigenvalue weighted by atomic mass is 19.1. The van der Waals surface area contributed by atoms with Crippen molar-refractivity contribution >= 4 is 0 Å². The van der Waals surface area contributed by atoms with Crippen LogP contribution in [0.2, 0.25) is 0 Å². The number of halogens is 2. The summed E-state index contributed by atoms with van der Waals surface area (Å²) in [6.45, 7) is 1.57. The molecule has 0 radical (unpaired) electrons. The van der Waals surface area contributed by atoms with Crippen LogP contribution in [0.3, 0.4) is 0 Å². The third-order valence-electron chi connectivity index (χ3n) is 3.48. The smallest absolute Gasteiger partial charge is 0.130 e. The van der Waals surface area contributed by atoms with E-state index in [1.54, 1.807) is 11.9 Å². The molecule has 1 fully saturated rings. The molecule has 1 aliphatic rings. The van der Waals surface area contributed by atoms with Crippen LogP contribution in [0.25, 0.3) is 0 Å². The van der Waals surface area contributed by atoms with Crippen LogP contribution in [-0.4, -0.2) is 42.4 Å². The van der Waals surface area contributed by atoms with Crippen molar-refractivity contribution in [1.82, 2.24) is 4.90 Å². The predicted octanol–water partition coefficient (Wildman–Crippen LogP) is 1.94. The van der Waals surface area contributed by atoms with Gasteiger partial charge in [-0.25, -0.2) is 8.78 Å². The van der Waals surface area contributed by atoms with Crippen molar-refractivity contribution in [2.75, 3.05) is 26.8 Å². The van der Waals surface area contributed by atoms with Gasteiger partial charge in [-0.1, -0.05) is 6.07 Å². The number of aliphatic hydroxyl groups is 1. The maximum absolute atomic E-state index is 13.5. The van der Waals surface area contributed by atoms with Gasteiger partial charge in [-0.3, -0.25) is 4.90 Å². The van der Waals surface area contributed by atoms with Crippen LogP contribution in [0.5, 0.6) is 0 Å². The minimum absolute atomic E-state index is 0.0423. The van der Waals surface area contributed by atoms with E-state index in [2.05, 4.69) is 0 Å². The standard InChI is InChI=1S/C14H19F2NO2/c1-17(10-14(18)5-7-19-8-6-14)9-11-12(15)3-2-4-13(11)16/h2-4,18H,5-10H2,1H3. The summed E-state index contributed by atoms with van der Waals surface area (Å²) in [5.74, 6) is -1.10. The number of benzene rings is 1. The van der Waals surface area contributed by atoms with E-state index in [1.807, 2.05) is 0 Å². The Balaban J connectivity index is 1.99. The number of ether oxygens (including phenoxy) is 1. The first-order valence-electron chi connectivity index (χ1n) is 6.42. The Hall–Kier alpha value is -1.04. The molecule has 0 aromatic heterocycles. The zero-order valence-corrected chi connectivity index (χ0v) is 11.0. The lowest BCUT2D eigenvalue weighted by Crippen LogP contribution is -2.45. The summed E-state index contributed by atoms with van der Waals surface area (Å²) in [4.78, 5) is 1.74. The van der Waals surface area contributed by atoms with Crippen molar-refractivity contribution in [3.8, 4) is 0 Å². The fraction of sp³-hybridized carbons (Fsp3) is 0.571. The van der Waals surface area contributed by atoms with Gasteiger partial charge in [0.2, 0.25) is 0 Å². The average molecular weight is 271 g/mol. The lowest BCUT2D eigenvalue weighted by molar-refractivity contribution is -0.0779. The van der Waals surface area contributed by atoms with Gasteiger partial charge in [0, 0.05) is 44.7 Å². The Morgan fingerprint density at radius 2 is 1.84 bits per heavy atom. The highest BCUT2D eigenvalue weighted by molar-refractivity contribution is 5.19. The molecule has 1 saturated heterocycles. The molecule has 0 amide bonds. The normalized spacial score (nSPS) is 18.8. The van der Waals surface area contributed by atoms with Crippen molar-refractivity contribution in [2.24, 2.45) is 0 Å². The van der Waals surface area contributed by atoms with Crippen LogP contribution in [0.4, 0.5) is 8.78 Å². The molecule has 2 rings (SSSR count). The molecule has 0 saturated carbocycles. The van der Waals surface area contributed by atoms with E-state index in [0.29, 0.717) is 32.6 Å². The van der Waals surface area contributed by atoms with Gasteiger partial charge in [-0.05, 0) is 19.2 Å². The third-order valence-corrected chi connectivity index (χ3v) is 3.48. The Kier molecular flexibility index (Phi) is 4.50. The highest BCUT2D eigenvalue weighted by Gasteiger charge is 2.31. The van der Waals surface area contributed by atoms with Crippen molar-refractivity contribution in [2.45, 2.75) is 25.0 Å². The quantitative estimate of drug-likeness (QED) is 0.908. The topological polar surface area (TPSA) is 32.7 Å². The molecule has 3 nitrogen and oxygen atoms in total. The predicted molar refractivity (Wildman–Crippen MR) is 67.7 cm³/mol. The minimum Gasteiger partial charge on any atom is -0.388 e. The van der Waals surface area contributed by atoms with Crippen molar-refractivity contribution in [3.05, 3.63) is 35.4 Å². The molecule has 0 spiro atoms. The van der Waals surface area contributed by atoms with Crippen molar-refractivity contribution < 1.29 is 18.6 Å². The van der Waals surface area contributed by atoms with E-state index in [-0.39, 0.29) is 12.1 Å². The van der Waals surface area contributed by atoms with E-state index in [0.717, 1.165) is 0 Å². The Morgan fingerprint density at radius 1 is 1.26 bits per heavy atom. The van der Waals surface area contributed by atoms with Crippen LogP contribution in [0.15, 0.2) is 18.2 Å². The molecule has 0 aliphatic carbocycles. The molecule has 1 heterocycles. The summed E-state index contributed by atoms with van der Waals surface area (Å²) in [5.41, 5.74) is -0.782. The Labute approximate surface area is 111 Å². The van der Waals surface area contributed by atoms with Crippen LogP contribution >= 0.6 is 0 Å². The third kappa shape index (κ3) is 3.72. The van der Waals surface area contributed by atoms with Gasteiger partial charge in [-0.2, -0.15) is 0 Å². The van der Waals surface area contributed by atoms with Gasteiger partial charge in [0.15, 0.2) is 0 Å². The second-order valence-electron chi connectivity index (χ2n) is 5.21. The molecule has 0 atom stereocenters. The number of nitrogens with zero attached hydrogens (tertiary/aromatic N) is 1. The van der Waals surface area contributed by atoms with Crippen LogP contribution < -0.4 is 0 Å². The second kappa shape index (κ2) is 5.94. The first-order chi connectivity index (χ1) is 9.00. The zero-order valence-electron chi connectivity index (χ0n) is 11.0.